The molecule has 6 atom stereocenters. The highest BCUT2D eigenvalue weighted by Crippen LogP contribution is 2.45. The minimum absolute atomic E-state index is 0.102. The van der Waals surface area contributed by atoms with Crippen molar-refractivity contribution in [3.05, 3.63) is 0 Å². The average molecular weight is 1310 g/mol. The zero-order valence-electron chi connectivity index (χ0n) is 57.9. The van der Waals surface area contributed by atoms with Gasteiger partial charge in [-0.05, 0) is 43.4 Å². The molecule has 0 aliphatic rings. The van der Waals surface area contributed by atoms with E-state index in [0.29, 0.717) is 31.6 Å². The zero-order chi connectivity index (χ0) is 65.9. The van der Waals surface area contributed by atoms with E-state index in [4.69, 9.17) is 37.0 Å². The summed E-state index contributed by atoms with van der Waals surface area (Å²) in [5, 5.41) is 10.6. The van der Waals surface area contributed by atoms with Gasteiger partial charge in [0, 0.05) is 25.7 Å². The molecule has 0 spiro atoms. The molecule has 0 aromatic rings. The summed E-state index contributed by atoms with van der Waals surface area (Å²) in [4.78, 5) is 72.5. The molecule has 89 heavy (non-hydrogen) atoms. The number of hydrogen-bond acceptors (Lipinski definition) is 15. The van der Waals surface area contributed by atoms with E-state index < -0.39 is 97.5 Å². The third-order valence-electron chi connectivity index (χ3n) is 16.5. The van der Waals surface area contributed by atoms with Gasteiger partial charge in [-0.2, -0.15) is 0 Å². The quantitative estimate of drug-likeness (QED) is 0.0222. The van der Waals surface area contributed by atoms with Crippen molar-refractivity contribution >= 4 is 39.5 Å². The smallest absolute Gasteiger partial charge is 0.462 e. The maximum absolute atomic E-state index is 13.0. The van der Waals surface area contributed by atoms with Gasteiger partial charge in [0.25, 0.3) is 0 Å². The van der Waals surface area contributed by atoms with Crippen LogP contribution in [0.4, 0.5) is 0 Å². The first-order chi connectivity index (χ1) is 42.8. The number of ether oxygens (including phenoxy) is 4. The Bertz CT molecular complexity index is 1750. The summed E-state index contributed by atoms with van der Waals surface area (Å²) >= 11 is 0. The summed E-state index contributed by atoms with van der Waals surface area (Å²) in [6.45, 7) is 11.7. The normalized spacial score (nSPS) is 14.5. The lowest BCUT2D eigenvalue weighted by atomic mass is 10.00. The van der Waals surface area contributed by atoms with E-state index in [0.717, 1.165) is 108 Å². The standard InChI is InChI=1S/C70H136O17P2/c1-8-10-11-12-13-14-15-16-17-18-19-20-21-22-25-29-39-46-53-69(74)86-65(57-80-67(72)51-44-37-28-26-23-24-27-34-41-48-61(3)4)59-84-88(76,77)82-55-64(71)56-83-89(78,79)85-60-66(58-81-68(73)52-45-38-32-30-35-42-49-62(5)6)87-70(75)54-47-40-33-31-36-43-50-63(7)9-2/h61-66,71H,8-60H2,1-7H3,(H,76,77)(H,78,79)/t63?,64-,65-,66-/m1/s1. The number of aliphatic hydroxyl groups is 1. The van der Waals surface area contributed by atoms with Crippen molar-refractivity contribution in [2.24, 2.45) is 17.8 Å². The van der Waals surface area contributed by atoms with E-state index in [-0.39, 0.29) is 25.7 Å². The molecule has 0 aliphatic carbocycles. The van der Waals surface area contributed by atoms with Crippen LogP contribution in [-0.4, -0.2) is 96.7 Å². The molecular weight excluding hydrogens is 1170 g/mol. The Labute approximate surface area is 543 Å². The number of aliphatic hydroxyl groups excluding tert-OH is 1. The molecule has 0 saturated heterocycles. The number of esters is 4. The van der Waals surface area contributed by atoms with Gasteiger partial charge in [0.05, 0.1) is 26.4 Å². The third-order valence-corrected chi connectivity index (χ3v) is 18.4. The summed E-state index contributed by atoms with van der Waals surface area (Å²) in [6, 6.07) is 0. The monoisotopic (exact) mass is 1310 g/mol. The van der Waals surface area contributed by atoms with Gasteiger partial charge in [0.1, 0.15) is 19.3 Å². The molecule has 0 rings (SSSR count). The Morgan fingerprint density at radius 2 is 0.573 bits per heavy atom. The van der Waals surface area contributed by atoms with Gasteiger partial charge in [-0.3, -0.25) is 37.3 Å². The molecule has 0 radical (unpaired) electrons. The Kier molecular flexibility index (Phi) is 59.6. The molecule has 17 nitrogen and oxygen atoms in total. The largest absolute Gasteiger partial charge is 0.472 e. The van der Waals surface area contributed by atoms with Crippen molar-refractivity contribution in [3.8, 4) is 0 Å². The van der Waals surface area contributed by atoms with Gasteiger partial charge in [0.15, 0.2) is 12.2 Å². The Hall–Kier alpha value is -1.94. The van der Waals surface area contributed by atoms with E-state index in [1.807, 2.05) is 0 Å². The number of phosphoric ester groups is 2. The number of rotatable bonds is 68. The minimum Gasteiger partial charge on any atom is -0.462 e. The third kappa shape index (κ3) is 63.2. The van der Waals surface area contributed by atoms with E-state index in [9.17, 15) is 43.2 Å². The summed E-state index contributed by atoms with van der Waals surface area (Å²) in [5.74, 6) is 0.0116. The molecule has 19 heteroatoms. The van der Waals surface area contributed by atoms with Crippen LogP contribution in [0.2, 0.25) is 0 Å². The summed E-state index contributed by atoms with van der Waals surface area (Å²) in [7, 11) is -9.90. The van der Waals surface area contributed by atoms with Crippen LogP contribution in [0.1, 0.15) is 350 Å². The Morgan fingerprint density at radius 3 is 0.854 bits per heavy atom. The van der Waals surface area contributed by atoms with Gasteiger partial charge < -0.3 is 33.8 Å². The molecule has 0 aromatic heterocycles. The summed E-state index contributed by atoms with van der Waals surface area (Å²) < 4.78 is 68.2. The lowest BCUT2D eigenvalue weighted by molar-refractivity contribution is -0.161. The predicted molar refractivity (Wildman–Crippen MR) is 358 cm³/mol. The van der Waals surface area contributed by atoms with Crippen molar-refractivity contribution < 1.29 is 80.2 Å². The maximum Gasteiger partial charge on any atom is 0.472 e. The van der Waals surface area contributed by atoms with Crippen molar-refractivity contribution in [2.75, 3.05) is 39.6 Å². The van der Waals surface area contributed by atoms with Crippen LogP contribution >= 0.6 is 15.6 Å². The summed E-state index contributed by atoms with van der Waals surface area (Å²) in [6.07, 6.45) is 44.7. The van der Waals surface area contributed by atoms with Crippen molar-refractivity contribution in [1.82, 2.24) is 0 Å². The first kappa shape index (κ1) is 87.1. The van der Waals surface area contributed by atoms with Gasteiger partial charge in [0.2, 0.25) is 0 Å². The van der Waals surface area contributed by atoms with Crippen molar-refractivity contribution in [1.29, 1.82) is 0 Å². The van der Waals surface area contributed by atoms with Crippen LogP contribution < -0.4 is 0 Å². The van der Waals surface area contributed by atoms with Gasteiger partial charge in [-0.25, -0.2) is 9.13 Å². The lowest BCUT2D eigenvalue weighted by Crippen LogP contribution is -2.30. The van der Waals surface area contributed by atoms with Crippen LogP contribution in [0.5, 0.6) is 0 Å². The fourth-order valence-electron chi connectivity index (χ4n) is 10.5. The first-order valence-corrected chi connectivity index (χ1v) is 39.4. The molecule has 0 saturated carbocycles. The van der Waals surface area contributed by atoms with E-state index in [1.54, 1.807) is 0 Å². The Morgan fingerprint density at radius 1 is 0.326 bits per heavy atom. The number of hydrogen-bond donors (Lipinski definition) is 3. The number of carbonyl (C=O) groups is 4. The molecule has 0 bridgehead atoms. The van der Waals surface area contributed by atoms with Crippen LogP contribution in [0.15, 0.2) is 0 Å². The highest BCUT2D eigenvalue weighted by molar-refractivity contribution is 7.47. The van der Waals surface area contributed by atoms with E-state index in [2.05, 4.69) is 48.5 Å². The fourth-order valence-corrected chi connectivity index (χ4v) is 12.1. The topological polar surface area (TPSA) is 237 Å². The highest BCUT2D eigenvalue weighted by atomic mass is 31.2. The van der Waals surface area contributed by atoms with E-state index in [1.165, 1.54) is 154 Å². The molecule has 3 unspecified atom stereocenters. The fraction of sp³-hybridized carbons (Fsp3) is 0.943. The molecule has 0 amide bonds. The lowest BCUT2D eigenvalue weighted by Gasteiger charge is -2.21. The number of carbonyl (C=O) groups excluding carboxylic acids is 4. The maximum atomic E-state index is 13.0. The van der Waals surface area contributed by atoms with Crippen LogP contribution in [-0.2, 0) is 65.4 Å². The SMILES string of the molecule is CCCCCCCCCCCCCCCCCCCCC(=O)O[C@H](COC(=O)CCCCCCCCCCCC(C)C)COP(=O)(O)OC[C@@H](O)COP(=O)(O)OC[C@@H](COC(=O)CCCCCCCCC(C)C)OC(=O)CCCCCCCCC(C)CC. The second-order valence-electron chi connectivity index (χ2n) is 26.5. The molecule has 3 N–H and O–H groups in total. The molecule has 0 aromatic carbocycles. The second kappa shape index (κ2) is 61.0. The van der Waals surface area contributed by atoms with Crippen LogP contribution in [0.3, 0.4) is 0 Å². The van der Waals surface area contributed by atoms with Crippen LogP contribution in [0, 0.1) is 17.8 Å². The first-order valence-electron chi connectivity index (χ1n) is 36.4. The number of unbranched alkanes of at least 4 members (excludes halogenated alkanes) is 35. The van der Waals surface area contributed by atoms with E-state index >= 15 is 0 Å². The molecule has 0 aliphatic heterocycles. The molecular formula is C70H136O17P2. The van der Waals surface area contributed by atoms with Crippen molar-refractivity contribution in [2.45, 2.75) is 369 Å². The molecule has 0 fully saturated rings. The minimum atomic E-state index is -4.95. The zero-order valence-corrected chi connectivity index (χ0v) is 59.7. The molecule has 0 heterocycles. The highest BCUT2D eigenvalue weighted by Gasteiger charge is 2.30. The molecule has 528 valence electrons. The van der Waals surface area contributed by atoms with Crippen molar-refractivity contribution in [3.63, 3.8) is 0 Å². The summed E-state index contributed by atoms with van der Waals surface area (Å²) in [5.41, 5.74) is 0. The average Bonchev–Trinajstić information content (AvgIpc) is 3.71. The second-order valence-corrected chi connectivity index (χ2v) is 29.4. The van der Waals surface area contributed by atoms with Gasteiger partial charge in [-0.1, -0.05) is 299 Å². The van der Waals surface area contributed by atoms with Gasteiger partial charge in [-0.15, -0.1) is 0 Å². The van der Waals surface area contributed by atoms with Crippen LogP contribution in [0.25, 0.3) is 0 Å². The Balaban J connectivity index is 5.22. The number of phosphoric acid groups is 2. The predicted octanol–water partition coefficient (Wildman–Crippen LogP) is 19.8. The van der Waals surface area contributed by atoms with Gasteiger partial charge >= 0.3 is 39.5 Å².